The van der Waals surface area contributed by atoms with Gasteiger partial charge in [0.05, 0.1) is 17.3 Å². The van der Waals surface area contributed by atoms with Gasteiger partial charge in [-0.15, -0.1) is 0 Å². The van der Waals surface area contributed by atoms with E-state index in [-0.39, 0.29) is 12.3 Å². The maximum absolute atomic E-state index is 12.9. The molecule has 0 bridgehead atoms. The molecule has 3 aromatic carbocycles. The molecule has 32 heavy (non-hydrogen) atoms. The van der Waals surface area contributed by atoms with Crippen molar-refractivity contribution in [1.82, 2.24) is 5.32 Å². The Balaban J connectivity index is 1.62. The van der Waals surface area contributed by atoms with E-state index in [2.05, 4.69) is 27.3 Å². The molecule has 4 rings (SSSR count). The molecule has 1 N–H and O–H groups in total. The first-order chi connectivity index (χ1) is 15.5. The first-order valence-electron chi connectivity index (χ1n) is 9.49. The minimum Gasteiger partial charge on any atom is -0.488 e. The van der Waals surface area contributed by atoms with Crippen LogP contribution in [0, 0.1) is 11.3 Å². The molecule has 1 saturated heterocycles. The fourth-order valence-electron chi connectivity index (χ4n) is 3.19. The molecular weight excluding hydrogens is 494 g/mol. The number of nitriles is 1. The zero-order valence-electron chi connectivity index (χ0n) is 16.5. The normalized spacial score (nSPS) is 14.4. The summed E-state index contributed by atoms with van der Waals surface area (Å²) in [6.07, 6.45) is 1.56. The molecule has 3 aromatic rings. The Labute approximate surface area is 197 Å². The van der Waals surface area contributed by atoms with Crippen molar-refractivity contribution in [3.8, 4) is 11.8 Å². The maximum Gasteiger partial charge on any atom is 0.333 e. The molecule has 8 heteroatoms. The number of imide groups is 1. The van der Waals surface area contributed by atoms with E-state index in [0.29, 0.717) is 27.6 Å². The summed E-state index contributed by atoms with van der Waals surface area (Å²) < 4.78 is 6.73. The van der Waals surface area contributed by atoms with E-state index < -0.39 is 11.9 Å². The van der Waals surface area contributed by atoms with Crippen LogP contribution < -0.4 is 15.0 Å². The lowest BCUT2D eigenvalue weighted by Gasteiger charge is -2.12. The van der Waals surface area contributed by atoms with Gasteiger partial charge in [0.2, 0.25) is 0 Å². The third-order valence-electron chi connectivity index (χ3n) is 4.76. The summed E-state index contributed by atoms with van der Waals surface area (Å²) in [7, 11) is 0. The number of amides is 3. The van der Waals surface area contributed by atoms with Gasteiger partial charge in [0.25, 0.3) is 5.91 Å². The van der Waals surface area contributed by atoms with E-state index in [0.717, 1.165) is 14.9 Å². The fraction of sp³-hybridized carbons (Fsp3) is 0.0417. The largest absolute Gasteiger partial charge is 0.488 e. The summed E-state index contributed by atoms with van der Waals surface area (Å²) in [6, 6.07) is 20.5. The molecule has 0 unspecified atom stereocenters. The number of nitrogens with zero attached hydrogens (tertiary/aromatic N) is 2. The van der Waals surface area contributed by atoms with Crippen LogP contribution >= 0.6 is 27.5 Å². The van der Waals surface area contributed by atoms with E-state index in [9.17, 15) is 14.9 Å². The molecule has 3 amide bonds. The number of hydrogen-bond acceptors (Lipinski definition) is 4. The second-order valence-corrected chi connectivity index (χ2v) is 8.20. The summed E-state index contributed by atoms with van der Waals surface area (Å²) >= 11 is 9.32. The molecule has 158 valence electrons. The number of ether oxygens (including phenoxy) is 1. The SMILES string of the molecule is N#Cc1ccccc1COc1ccc(Br)cc1/C=C1/NC(=O)N(c2ccc(Cl)cc2)C1=O. The summed E-state index contributed by atoms with van der Waals surface area (Å²) in [4.78, 5) is 26.4. The highest BCUT2D eigenvalue weighted by molar-refractivity contribution is 9.10. The topological polar surface area (TPSA) is 82.4 Å². The molecule has 0 radical (unpaired) electrons. The first kappa shape index (κ1) is 21.6. The molecule has 6 nitrogen and oxygen atoms in total. The van der Waals surface area contributed by atoms with Gasteiger partial charge < -0.3 is 10.1 Å². The Hall–Kier alpha value is -3.60. The second-order valence-electron chi connectivity index (χ2n) is 6.84. The van der Waals surface area contributed by atoms with Gasteiger partial charge in [-0.05, 0) is 54.6 Å². The predicted octanol–water partition coefficient (Wildman–Crippen LogP) is 5.65. The molecule has 1 fully saturated rings. The van der Waals surface area contributed by atoms with Crippen molar-refractivity contribution in [3.05, 3.63) is 98.6 Å². The predicted molar refractivity (Wildman–Crippen MR) is 125 cm³/mol. The summed E-state index contributed by atoms with van der Waals surface area (Å²) in [6.45, 7) is 0.179. The van der Waals surface area contributed by atoms with Gasteiger partial charge in [0.15, 0.2) is 0 Å². The number of halogens is 2. The Morgan fingerprint density at radius 3 is 2.59 bits per heavy atom. The zero-order valence-corrected chi connectivity index (χ0v) is 18.9. The summed E-state index contributed by atoms with van der Waals surface area (Å²) in [5, 5.41) is 12.4. The number of carbonyl (C=O) groups is 2. The molecule has 0 spiro atoms. The standard InChI is InChI=1S/C24H15BrClN3O3/c25-18-5-10-22(32-14-16-4-2-1-3-15(16)13-27)17(11-18)12-21-23(30)29(24(31)28-21)20-8-6-19(26)7-9-20/h1-12H,14H2,(H,28,31)/b21-12+. The minimum atomic E-state index is -0.552. The number of carbonyl (C=O) groups excluding carboxylic acids is 2. The van der Waals surface area contributed by atoms with Crippen LogP contribution in [0.1, 0.15) is 16.7 Å². The van der Waals surface area contributed by atoms with Crippen LogP contribution in [-0.4, -0.2) is 11.9 Å². The van der Waals surface area contributed by atoms with E-state index in [1.54, 1.807) is 54.6 Å². The van der Waals surface area contributed by atoms with Gasteiger partial charge in [-0.1, -0.05) is 45.7 Å². The van der Waals surface area contributed by atoms with Gasteiger partial charge in [-0.2, -0.15) is 5.26 Å². The number of urea groups is 1. The van der Waals surface area contributed by atoms with Crippen molar-refractivity contribution < 1.29 is 14.3 Å². The van der Waals surface area contributed by atoms with Crippen molar-refractivity contribution in [1.29, 1.82) is 5.26 Å². The molecule has 0 saturated carbocycles. The Bertz CT molecular complexity index is 1280. The van der Waals surface area contributed by atoms with Gasteiger partial charge in [-0.3, -0.25) is 4.79 Å². The zero-order chi connectivity index (χ0) is 22.7. The number of rotatable bonds is 5. The first-order valence-corrected chi connectivity index (χ1v) is 10.7. The maximum atomic E-state index is 12.9. The highest BCUT2D eigenvalue weighted by Crippen LogP contribution is 2.29. The molecule has 0 aliphatic carbocycles. The number of nitrogens with one attached hydrogen (secondary N) is 1. The minimum absolute atomic E-state index is 0.116. The molecule has 0 aromatic heterocycles. The molecule has 0 atom stereocenters. The van der Waals surface area contributed by atoms with Gasteiger partial charge in [-0.25, -0.2) is 9.69 Å². The van der Waals surface area contributed by atoms with Crippen molar-refractivity contribution in [2.24, 2.45) is 0 Å². The lowest BCUT2D eigenvalue weighted by atomic mass is 10.1. The average Bonchev–Trinajstić information content (AvgIpc) is 3.07. The fourth-order valence-corrected chi connectivity index (χ4v) is 3.69. The quantitative estimate of drug-likeness (QED) is 0.357. The van der Waals surface area contributed by atoms with Crippen LogP contribution in [0.5, 0.6) is 5.75 Å². The number of anilines is 1. The number of hydrogen-bond donors (Lipinski definition) is 1. The van der Waals surface area contributed by atoms with Crippen molar-refractivity contribution >= 4 is 51.2 Å². The van der Waals surface area contributed by atoms with Crippen molar-refractivity contribution in [2.75, 3.05) is 4.90 Å². The molecule has 1 aliphatic rings. The summed E-state index contributed by atoms with van der Waals surface area (Å²) in [5.41, 5.74) is 2.40. The monoisotopic (exact) mass is 507 g/mol. The Morgan fingerprint density at radius 2 is 1.84 bits per heavy atom. The van der Waals surface area contributed by atoms with E-state index in [1.807, 2.05) is 18.2 Å². The van der Waals surface area contributed by atoms with Crippen LogP contribution in [-0.2, 0) is 11.4 Å². The molecule has 1 heterocycles. The Kier molecular flexibility index (Phi) is 6.26. The van der Waals surface area contributed by atoms with Gasteiger partial charge in [0.1, 0.15) is 18.1 Å². The van der Waals surface area contributed by atoms with Crippen LogP contribution in [0.2, 0.25) is 5.02 Å². The smallest absolute Gasteiger partial charge is 0.333 e. The third kappa shape index (κ3) is 4.52. The summed E-state index contributed by atoms with van der Waals surface area (Å²) in [5.74, 6) is 0.0125. The van der Waals surface area contributed by atoms with Crippen molar-refractivity contribution in [3.63, 3.8) is 0 Å². The molecular formula is C24H15BrClN3O3. The van der Waals surface area contributed by atoms with Crippen LogP contribution in [0.25, 0.3) is 6.08 Å². The molecule has 1 aliphatic heterocycles. The lowest BCUT2D eigenvalue weighted by molar-refractivity contribution is -0.113. The van der Waals surface area contributed by atoms with E-state index in [1.165, 1.54) is 0 Å². The van der Waals surface area contributed by atoms with Gasteiger partial charge in [0, 0.05) is 20.6 Å². The average molecular weight is 509 g/mol. The van der Waals surface area contributed by atoms with E-state index in [4.69, 9.17) is 16.3 Å². The number of benzene rings is 3. The van der Waals surface area contributed by atoms with Gasteiger partial charge >= 0.3 is 6.03 Å². The van der Waals surface area contributed by atoms with Crippen LogP contribution in [0.3, 0.4) is 0 Å². The highest BCUT2D eigenvalue weighted by Gasteiger charge is 2.35. The van der Waals surface area contributed by atoms with Crippen LogP contribution in [0.4, 0.5) is 10.5 Å². The third-order valence-corrected chi connectivity index (χ3v) is 5.50. The Morgan fingerprint density at radius 1 is 1.09 bits per heavy atom. The van der Waals surface area contributed by atoms with Crippen LogP contribution in [0.15, 0.2) is 76.9 Å². The lowest BCUT2D eigenvalue weighted by Crippen LogP contribution is -2.30. The second kappa shape index (κ2) is 9.27. The van der Waals surface area contributed by atoms with Crippen molar-refractivity contribution in [2.45, 2.75) is 6.61 Å². The highest BCUT2D eigenvalue weighted by atomic mass is 79.9. The van der Waals surface area contributed by atoms with E-state index >= 15 is 0 Å².